The van der Waals surface area contributed by atoms with E-state index in [4.69, 9.17) is 9.57 Å². The summed E-state index contributed by atoms with van der Waals surface area (Å²) in [6, 6.07) is 0. The van der Waals surface area contributed by atoms with Crippen LogP contribution in [0.15, 0.2) is 23.8 Å². The highest BCUT2D eigenvalue weighted by Gasteiger charge is 2.82. The molecule has 0 aromatic heterocycles. The van der Waals surface area contributed by atoms with Crippen LogP contribution in [0.4, 0.5) is 0 Å². The first kappa shape index (κ1) is 13.5. The van der Waals surface area contributed by atoms with E-state index < -0.39 is 35.0 Å². The van der Waals surface area contributed by atoms with Crippen LogP contribution in [0.25, 0.3) is 0 Å². The van der Waals surface area contributed by atoms with Crippen molar-refractivity contribution in [3.8, 4) is 0 Å². The maximum atomic E-state index is 12.7. The van der Waals surface area contributed by atoms with E-state index in [1.165, 1.54) is 13.2 Å². The molecule has 2 aliphatic heterocycles. The third-order valence-corrected chi connectivity index (χ3v) is 4.35. The van der Waals surface area contributed by atoms with Crippen molar-refractivity contribution in [1.29, 1.82) is 0 Å². The van der Waals surface area contributed by atoms with Crippen molar-refractivity contribution in [2.45, 2.75) is 38.2 Å². The molecule has 20 heavy (non-hydrogen) atoms. The second-order valence-electron chi connectivity index (χ2n) is 5.41. The van der Waals surface area contributed by atoms with Gasteiger partial charge in [0.1, 0.15) is 17.6 Å². The maximum absolute atomic E-state index is 12.7. The molecule has 0 bridgehead atoms. The molecule has 0 aromatic rings. The highest BCUT2D eigenvalue weighted by molar-refractivity contribution is 6.05. The van der Waals surface area contributed by atoms with Gasteiger partial charge in [-0.15, -0.1) is 0 Å². The molecule has 0 saturated carbocycles. The fraction of sp³-hybridized carbons (Fsp3) is 0.571. The number of allylic oxidation sites excluding steroid dienone is 2. The predicted molar refractivity (Wildman–Crippen MR) is 68.1 cm³/mol. The first-order valence-electron chi connectivity index (χ1n) is 6.61. The quantitative estimate of drug-likeness (QED) is 0.737. The minimum atomic E-state index is -1.44. The van der Waals surface area contributed by atoms with Gasteiger partial charge in [0.15, 0.2) is 11.5 Å². The van der Waals surface area contributed by atoms with E-state index in [1.54, 1.807) is 13.0 Å². The highest BCUT2D eigenvalue weighted by atomic mass is 16.8. The Balaban J connectivity index is 2.19. The van der Waals surface area contributed by atoms with Crippen molar-refractivity contribution in [2.24, 2.45) is 5.41 Å². The van der Waals surface area contributed by atoms with E-state index in [1.807, 2.05) is 13.0 Å². The molecule has 4 atom stereocenters. The Morgan fingerprint density at radius 1 is 1.50 bits per heavy atom. The predicted octanol–water partition coefficient (Wildman–Crippen LogP) is 0.328. The van der Waals surface area contributed by atoms with Gasteiger partial charge < -0.3 is 9.84 Å². The number of hydrogen-bond donors (Lipinski definition) is 1. The standard InChI is InChI=1S/C14H17NO5/c1-4-5-8-6-7-9(16)10(17)14(8)11-13(2,20-11)15(19-3)12(14)18/h5-7,10-11,17H,4H2,1-3H3/b8-5-/t10-,11+,13-,14-/m1/s1. The van der Waals surface area contributed by atoms with Gasteiger partial charge in [0.05, 0.1) is 7.11 Å². The average Bonchev–Trinajstić information content (AvgIpc) is 3.04. The molecule has 2 saturated heterocycles. The molecule has 108 valence electrons. The fourth-order valence-electron chi connectivity index (χ4n) is 3.40. The molecule has 3 rings (SSSR count). The second-order valence-corrected chi connectivity index (χ2v) is 5.41. The number of nitrogens with zero attached hydrogens (tertiary/aromatic N) is 1. The second kappa shape index (κ2) is 4.00. The Morgan fingerprint density at radius 2 is 2.20 bits per heavy atom. The van der Waals surface area contributed by atoms with Crippen molar-refractivity contribution in [1.82, 2.24) is 5.06 Å². The molecule has 2 fully saturated rings. The summed E-state index contributed by atoms with van der Waals surface area (Å²) in [5.74, 6) is -0.911. The highest BCUT2D eigenvalue weighted by Crippen LogP contribution is 2.62. The summed E-state index contributed by atoms with van der Waals surface area (Å²) in [6.45, 7) is 3.64. The van der Waals surface area contributed by atoms with E-state index in [2.05, 4.69) is 0 Å². The van der Waals surface area contributed by atoms with Crippen LogP contribution in [0.2, 0.25) is 0 Å². The van der Waals surface area contributed by atoms with Crippen LogP contribution >= 0.6 is 0 Å². The molecular weight excluding hydrogens is 262 g/mol. The molecule has 6 heteroatoms. The fourth-order valence-corrected chi connectivity index (χ4v) is 3.40. The van der Waals surface area contributed by atoms with Gasteiger partial charge in [-0.3, -0.25) is 14.4 Å². The molecule has 0 radical (unpaired) electrons. The number of ketones is 1. The summed E-state index contributed by atoms with van der Waals surface area (Å²) in [6.07, 6.45) is 3.41. The van der Waals surface area contributed by atoms with Crippen molar-refractivity contribution in [3.05, 3.63) is 23.8 Å². The van der Waals surface area contributed by atoms with E-state index >= 15 is 0 Å². The molecule has 1 aliphatic carbocycles. The zero-order chi connectivity index (χ0) is 14.7. The lowest BCUT2D eigenvalue weighted by molar-refractivity contribution is -0.211. The number of epoxide rings is 1. The minimum absolute atomic E-state index is 0.427. The molecule has 1 N–H and O–H groups in total. The number of rotatable bonds is 2. The number of fused-ring (bicyclic) bond motifs is 2. The molecule has 6 nitrogen and oxygen atoms in total. The molecule has 3 aliphatic rings. The summed E-state index contributed by atoms with van der Waals surface area (Å²) in [5.41, 5.74) is -1.68. The van der Waals surface area contributed by atoms with Crippen LogP contribution in [0.5, 0.6) is 0 Å². The Morgan fingerprint density at radius 3 is 2.75 bits per heavy atom. The number of ether oxygens (including phenoxy) is 1. The van der Waals surface area contributed by atoms with Crippen LogP contribution in [0, 0.1) is 5.41 Å². The Bertz CT molecular complexity index is 554. The van der Waals surface area contributed by atoms with Crippen molar-refractivity contribution in [3.63, 3.8) is 0 Å². The van der Waals surface area contributed by atoms with Crippen LogP contribution in [0.1, 0.15) is 20.3 Å². The monoisotopic (exact) mass is 279 g/mol. The molecule has 1 spiro atoms. The number of aliphatic hydroxyl groups excluding tert-OH is 1. The third-order valence-electron chi connectivity index (χ3n) is 4.35. The van der Waals surface area contributed by atoms with Gasteiger partial charge in [-0.05, 0) is 25.0 Å². The van der Waals surface area contributed by atoms with E-state index in [0.717, 1.165) is 5.06 Å². The smallest absolute Gasteiger partial charge is 0.265 e. The summed E-state index contributed by atoms with van der Waals surface area (Å²) >= 11 is 0. The lowest BCUT2D eigenvalue weighted by atomic mass is 9.68. The summed E-state index contributed by atoms with van der Waals surface area (Å²) < 4.78 is 5.60. The first-order chi connectivity index (χ1) is 9.44. The largest absolute Gasteiger partial charge is 0.383 e. The van der Waals surface area contributed by atoms with Crippen molar-refractivity contribution >= 4 is 11.7 Å². The Kier molecular flexibility index (Phi) is 2.70. The Labute approximate surface area is 116 Å². The lowest BCUT2D eigenvalue weighted by Crippen LogP contribution is -2.53. The normalized spacial score (nSPS) is 44.6. The zero-order valence-electron chi connectivity index (χ0n) is 11.6. The van der Waals surface area contributed by atoms with Gasteiger partial charge in [-0.25, -0.2) is 0 Å². The lowest BCUT2D eigenvalue weighted by Gasteiger charge is -2.36. The summed E-state index contributed by atoms with van der Waals surface area (Å²) in [5, 5.41) is 11.5. The van der Waals surface area contributed by atoms with Crippen LogP contribution in [0.3, 0.4) is 0 Å². The van der Waals surface area contributed by atoms with E-state index in [9.17, 15) is 14.7 Å². The number of carbonyl (C=O) groups excluding carboxylic acids is 2. The maximum Gasteiger partial charge on any atom is 0.265 e. The number of amides is 1. The molecule has 0 aromatic carbocycles. The van der Waals surface area contributed by atoms with Crippen LogP contribution < -0.4 is 0 Å². The van der Waals surface area contributed by atoms with Crippen molar-refractivity contribution in [2.75, 3.05) is 7.11 Å². The van der Waals surface area contributed by atoms with Gasteiger partial charge >= 0.3 is 0 Å². The third kappa shape index (κ3) is 1.29. The van der Waals surface area contributed by atoms with Gasteiger partial charge in [-0.1, -0.05) is 19.1 Å². The molecule has 1 amide bonds. The number of hydrogen-bond acceptors (Lipinski definition) is 5. The van der Waals surface area contributed by atoms with Gasteiger partial charge in [0.25, 0.3) is 5.91 Å². The number of aliphatic hydroxyl groups is 1. The van der Waals surface area contributed by atoms with Gasteiger partial charge in [0.2, 0.25) is 0 Å². The number of carbonyl (C=O) groups is 2. The number of hydroxylamine groups is 2. The average molecular weight is 279 g/mol. The van der Waals surface area contributed by atoms with E-state index in [0.29, 0.717) is 12.0 Å². The van der Waals surface area contributed by atoms with Crippen molar-refractivity contribution < 1.29 is 24.3 Å². The van der Waals surface area contributed by atoms with Crippen LogP contribution in [-0.4, -0.2) is 46.9 Å². The topological polar surface area (TPSA) is 79.4 Å². The molecule has 2 heterocycles. The van der Waals surface area contributed by atoms with Gasteiger partial charge in [-0.2, -0.15) is 5.06 Å². The zero-order valence-corrected chi connectivity index (χ0v) is 11.6. The first-order valence-corrected chi connectivity index (χ1v) is 6.61. The molecular formula is C14H17NO5. The Hall–Kier alpha value is -1.50. The minimum Gasteiger partial charge on any atom is -0.383 e. The molecule has 0 unspecified atom stereocenters. The summed E-state index contributed by atoms with van der Waals surface area (Å²) in [7, 11) is 1.37. The van der Waals surface area contributed by atoms with E-state index in [-0.39, 0.29) is 0 Å². The summed E-state index contributed by atoms with van der Waals surface area (Å²) in [4.78, 5) is 29.7. The van der Waals surface area contributed by atoms with Gasteiger partial charge in [0, 0.05) is 0 Å². The SMILES string of the molecule is CC/C=C1/C=CC(=O)[C@@H](O)[C@]12C(=O)N(OC)[C@]1(C)O[C@H]21. The van der Waals surface area contributed by atoms with Crippen LogP contribution in [-0.2, 0) is 19.2 Å².